The third-order valence-electron chi connectivity index (χ3n) is 6.66. The minimum Gasteiger partial charge on any atom is -0.361 e. The summed E-state index contributed by atoms with van der Waals surface area (Å²) in [5.41, 5.74) is 7.21. The average Bonchev–Trinajstić information content (AvgIpc) is 3.41. The van der Waals surface area contributed by atoms with Gasteiger partial charge in [-0.1, -0.05) is 23.4 Å². The monoisotopic (exact) mass is 457 g/mol. The van der Waals surface area contributed by atoms with Crippen LogP contribution in [-0.2, 0) is 30.7 Å². The molecule has 34 heavy (non-hydrogen) atoms. The lowest BCUT2D eigenvalue weighted by molar-refractivity contribution is -0.131. The van der Waals surface area contributed by atoms with Crippen molar-refractivity contribution >= 4 is 22.7 Å². The van der Waals surface area contributed by atoms with Gasteiger partial charge in [0.2, 0.25) is 5.91 Å². The smallest absolute Gasteiger partial charge is 0.267 e. The van der Waals surface area contributed by atoms with Gasteiger partial charge in [-0.15, -0.1) is 0 Å². The molecule has 1 aliphatic heterocycles. The second-order valence-electron chi connectivity index (χ2n) is 8.82. The molecule has 2 N–H and O–H groups in total. The number of nitrogens with one attached hydrogen (secondary N) is 2. The first-order valence-corrected chi connectivity index (χ1v) is 11.4. The number of rotatable bonds is 5. The summed E-state index contributed by atoms with van der Waals surface area (Å²) in [6.07, 6.45) is 2.86. The number of H-pyrrole nitrogens is 1. The van der Waals surface area contributed by atoms with Crippen LogP contribution in [0.2, 0.25) is 0 Å². The Morgan fingerprint density at radius 3 is 2.74 bits per heavy atom. The standard InChI is InChI=1S/C26H27N5O3/c1-15-22(13-28-26(33)24-10-18-6-4-5-7-23(18)29-24)20-8-9-31(14-19(20)12-27-15)25(32)11-21-16(2)30-34-17(21)3/h4-7,10,12,29H,8-9,11,13-14H2,1-3H3,(H,28,33). The van der Waals surface area contributed by atoms with Gasteiger partial charge in [-0.25, -0.2) is 0 Å². The number of para-hydroxylation sites is 1. The number of fused-ring (bicyclic) bond motifs is 2. The predicted molar refractivity (Wildman–Crippen MR) is 127 cm³/mol. The van der Waals surface area contributed by atoms with Gasteiger partial charge in [-0.3, -0.25) is 14.6 Å². The van der Waals surface area contributed by atoms with Gasteiger partial charge < -0.3 is 19.7 Å². The Hall–Kier alpha value is -3.94. The summed E-state index contributed by atoms with van der Waals surface area (Å²) in [5.74, 6) is 0.586. The first-order chi connectivity index (χ1) is 16.4. The molecule has 0 bridgehead atoms. The number of pyridine rings is 1. The number of aryl methyl sites for hydroxylation is 3. The van der Waals surface area contributed by atoms with E-state index in [1.165, 1.54) is 5.56 Å². The number of nitrogens with zero attached hydrogens (tertiary/aromatic N) is 3. The quantitative estimate of drug-likeness (QED) is 0.477. The van der Waals surface area contributed by atoms with Gasteiger partial charge in [0.1, 0.15) is 11.5 Å². The van der Waals surface area contributed by atoms with Crippen LogP contribution in [-0.4, -0.2) is 38.4 Å². The molecular weight excluding hydrogens is 430 g/mol. The van der Waals surface area contributed by atoms with Crippen molar-refractivity contribution in [3.05, 3.63) is 81.6 Å². The Bertz CT molecular complexity index is 1350. The molecule has 174 valence electrons. The van der Waals surface area contributed by atoms with Crippen molar-refractivity contribution in [1.82, 2.24) is 25.3 Å². The van der Waals surface area contributed by atoms with Gasteiger partial charge in [-0.2, -0.15) is 0 Å². The lowest BCUT2D eigenvalue weighted by Gasteiger charge is -2.30. The molecule has 0 atom stereocenters. The Kier molecular flexibility index (Phi) is 5.65. The van der Waals surface area contributed by atoms with E-state index in [-0.39, 0.29) is 18.2 Å². The summed E-state index contributed by atoms with van der Waals surface area (Å²) in [6, 6.07) is 9.67. The van der Waals surface area contributed by atoms with E-state index >= 15 is 0 Å². The minimum atomic E-state index is -0.153. The van der Waals surface area contributed by atoms with E-state index in [9.17, 15) is 9.59 Å². The molecule has 4 aromatic rings. The molecule has 3 aromatic heterocycles. The van der Waals surface area contributed by atoms with Crippen molar-refractivity contribution < 1.29 is 14.1 Å². The Morgan fingerprint density at radius 2 is 1.97 bits per heavy atom. The third kappa shape index (κ3) is 4.07. The molecule has 8 heteroatoms. The van der Waals surface area contributed by atoms with Crippen LogP contribution in [0.15, 0.2) is 41.1 Å². The maximum absolute atomic E-state index is 13.0. The van der Waals surface area contributed by atoms with Gasteiger partial charge in [0.25, 0.3) is 5.91 Å². The van der Waals surface area contributed by atoms with E-state index in [2.05, 4.69) is 20.4 Å². The molecule has 1 aromatic carbocycles. The number of aromatic amines is 1. The lowest BCUT2D eigenvalue weighted by Crippen LogP contribution is -2.38. The summed E-state index contributed by atoms with van der Waals surface area (Å²) < 4.78 is 5.20. The average molecular weight is 458 g/mol. The van der Waals surface area contributed by atoms with E-state index in [4.69, 9.17) is 4.52 Å². The molecule has 0 radical (unpaired) electrons. The van der Waals surface area contributed by atoms with Crippen LogP contribution < -0.4 is 5.32 Å². The zero-order valence-corrected chi connectivity index (χ0v) is 19.6. The van der Waals surface area contributed by atoms with E-state index in [1.807, 2.05) is 62.2 Å². The highest BCUT2D eigenvalue weighted by atomic mass is 16.5. The zero-order chi connectivity index (χ0) is 23.8. The van der Waals surface area contributed by atoms with Gasteiger partial charge in [0.05, 0.1) is 12.1 Å². The molecule has 0 aliphatic carbocycles. The molecule has 5 rings (SSSR count). The van der Waals surface area contributed by atoms with Crippen molar-refractivity contribution in [3.8, 4) is 0 Å². The molecule has 0 unspecified atom stereocenters. The highest BCUT2D eigenvalue weighted by molar-refractivity contribution is 5.98. The van der Waals surface area contributed by atoms with Crippen LogP contribution >= 0.6 is 0 Å². The number of aromatic nitrogens is 3. The first kappa shape index (κ1) is 21.9. The largest absolute Gasteiger partial charge is 0.361 e. The lowest BCUT2D eigenvalue weighted by atomic mass is 9.94. The fraction of sp³-hybridized carbons (Fsp3) is 0.308. The van der Waals surface area contributed by atoms with Crippen molar-refractivity contribution in [2.75, 3.05) is 6.54 Å². The van der Waals surface area contributed by atoms with Crippen LogP contribution in [0.4, 0.5) is 0 Å². The Labute approximate surface area is 197 Å². The maximum Gasteiger partial charge on any atom is 0.267 e. The van der Waals surface area contributed by atoms with Crippen LogP contribution in [0.5, 0.6) is 0 Å². The van der Waals surface area contributed by atoms with Crippen molar-refractivity contribution in [2.45, 2.75) is 46.7 Å². The highest BCUT2D eigenvalue weighted by Gasteiger charge is 2.25. The van der Waals surface area contributed by atoms with E-state index in [1.54, 1.807) is 0 Å². The molecule has 0 fully saturated rings. The summed E-state index contributed by atoms with van der Waals surface area (Å²) >= 11 is 0. The molecule has 0 saturated carbocycles. The molecule has 8 nitrogen and oxygen atoms in total. The fourth-order valence-corrected chi connectivity index (χ4v) is 4.65. The zero-order valence-electron chi connectivity index (χ0n) is 19.6. The van der Waals surface area contributed by atoms with Crippen LogP contribution in [0, 0.1) is 20.8 Å². The van der Waals surface area contributed by atoms with Crippen molar-refractivity contribution in [3.63, 3.8) is 0 Å². The topological polar surface area (TPSA) is 104 Å². The van der Waals surface area contributed by atoms with Gasteiger partial charge in [-0.05, 0) is 56.0 Å². The Morgan fingerprint density at radius 1 is 1.15 bits per heavy atom. The number of carbonyl (C=O) groups excluding carboxylic acids is 2. The SMILES string of the molecule is Cc1noc(C)c1CC(=O)N1CCc2c(cnc(C)c2CNC(=O)c2cc3ccccc3[nH]2)C1. The number of carbonyl (C=O) groups is 2. The molecule has 1 aliphatic rings. The number of hydrogen-bond acceptors (Lipinski definition) is 5. The Balaban J connectivity index is 1.29. The van der Waals surface area contributed by atoms with Crippen molar-refractivity contribution in [2.24, 2.45) is 0 Å². The van der Waals surface area contributed by atoms with Gasteiger partial charge in [0, 0.05) is 48.0 Å². The summed E-state index contributed by atoms with van der Waals surface area (Å²) in [5, 5.41) is 7.99. The minimum absolute atomic E-state index is 0.0503. The van der Waals surface area contributed by atoms with Crippen molar-refractivity contribution in [1.29, 1.82) is 0 Å². The van der Waals surface area contributed by atoms with Gasteiger partial charge in [0.15, 0.2) is 0 Å². The number of hydrogen-bond donors (Lipinski definition) is 2. The second kappa shape index (κ2) is 8.78. The summed E-state index contributed by atoms with van der Waals surface area (Å²) in [7, 11) is 0. The first-order valence-electron chi connectivity index (χ1n) is 11.4. The van der Waals surface area contributed by atoms with Crippen LogP contribution in [0.25, 0.3) is 10.9 Å². The fourth-order valence-electron chi connectivity index (χ4n) is 4.65. The molecule has 0 saturated heterocycles. The van der Waals surface area contributed by atoms with Crippen LogP contribution in [0.1, 0.15) is 49.9 Å². The third-order valence-corrected chi connectivity index (χ3v) is 6.66. The number of amides is 2. The van der Waals surface area contributed by atoms with Gasteiger partial charge >= 0.3 is 0 Å². The predicted octanol–water partition coefficient (Wildman–Crippen LogP) is 3.53. The summed E-state index contributed by atoms with van der Waals surface area (Å²) in [4.78, 5) is 35.3. The maximum atomic E-state index is 13.0. The second-order valence-corrected chi connectivity index (χ2v) is 8.82. The van der Waals surface area contributed by atoms with E-state index in [0.717, 1.165) is 45.4 Å². The molecular formula is C26H27N5O3. The number of benzene rings is 1. The van der Waals surface area contributed by atoms with Crippen LogP contribution in [0.3, 0.4) is 0 Å². The molecule has 4 heterocycles. The molecule has 0 spiro atoms. The highest BCUT2D eigenvalue weighted by Crippen LogP contribution is 2.25. The van der Waals surface area contributed by atoms with E-state index < -0.39 is 0 Å². The van der Waals surface area contributed by atoms with E-state index in [0.29, 0.717) is 31.1 Å². The molecule has 2 amide bonds. The normalized spacial score (nSPS) is 13.2. The summed E-state index contributed by atoms with van der Waals surface area (Å²) in [6.45, 7) is 7.17.